The van der Waals surface area contributed by atoms with E-state index in [1.165, 1.54) is 18.4 Å². The van der Waals surface area contributed by atoms with Crippen LogP contribution in [0.25, 0.3) is 0 Å². The van der Waals surface area contributed by atoms with Gasteiger partial charge in [-0.05, 0) is 30.8 Å². The van der Waals surface area contributed by atoms with E-state index in [4.69, 9.17) is 0 Å². The zero-order valence-corrected chi connectivity index (χ0v) is 7.51. The second-order valence-electron chi connectivity index (χ2n) is 3.23. The smallest absolute Gasteiger partial charge is 0.0127 e. The summed E-state index contributed by atoms with van der Waals surface area (Å²) in [5.74, 6) is 0.743. The molecule has 0 amide bonds. The Balaban J connectivity index is 2.45. The number of allylic oxidation sites excluding steroid dienone is 4. The lowest BCUT2D eigenvalue weighted by molar-refractivity contribution is 0.611. The van der Waals surface area contributed by atoms with Gasteiger partial charge in [-0.25, -0.2) is 0 Å². The SMILES string of the molecule is CCCC(C)C1=C[CH]CC=C1. The molecule has 0 aromatic rings. The van der Waals surface area contributed by atoms with Gasteiger partial charge in [-0.2, -0.15) is 0 Å². The zero-order chi connectivity index (χ0) is 8.10. The van der Waals surface area contributed by atoms with Crippen LogP contribution in [0, 0.1) is 12.3 Å². The molecule has 1 atom stereocenters. The van der Waals surface area contributed by atoms with Gasteiger partial charge in [-0.3, -0.25) is 0 Å². The fraction of sp³-hybridized carbons (Fsp3) is 0.545. The van der Waals surface area contributed by atoms with Gasteiger partial charge >= 0.3 is 0 Å². The van der Waals surface area contributed by atoms with Crippen molar-refractivity contribution >= 4 is 0 Å². The molecule has 0 heterocycles. The first-order valence-corrected chi connectivity index (χ1v) is 4.54. The first kappa shape index (κ1) is 8.58. The summed E-state index contributed by atoms with van der Waals surface area (Å²) in [4.78, 5) is 0. The van der Waals surface area contributed by atoms with E-state index in [9.17, 15) is 0 Å². The third-order valence-electron chi connectivity index (χ3n) is 2.18. The zero-order valence-electron chi connectivity index (χ0n) is 7.51. The minimum atomic E-state index is 0.743. The van der Waals surface area contributed by atoms with Gasteiger partial charge in [0.05, 0.1) is 0 Å². The molecular formula is C11H17. The molecule has 0 N–H and O–H groups in total. The van der Waals surface area contributed by atoms with Gasteiger partial charge in [0.15, 0.2) is 0 Å². The molecule has 0 bridgehead atoms. The topological polar surface area (TPSA) is 0 Å². The molecule has 61 valence electrons. The molecule has 0 saturated carbocycles. The average Bonchev–Trinajstić information content (AvgIpc) is 2.07. The van der Waals surface area contributed by atoms with Crippen LogP contribution in [0.15, 0.2) is 23.8 Å². The fourth-order valence-electron chi connectivity index (χ4n) is 1.47. The van der Waals surface area contributed by atoms with E-state index in [1.807, 2.05) is 0 Å². The van der Waals surface area contributed by atoms with Gasteiger partial charge in [0.25, 0.3) is 0 Å². The molecule has 0 spiro atoms. The highest BCUT2D eigenvalue weighted by molar-refractivity contribution is 5.28. The van der Waals surface area contributed by atoms with Crippen LogP contribution in [0.5, 0.6) is 0 Å². The van der Waals surface area contributed by atoms with Crippen LogP contribution in [-0.2, 0) is 0 Å². The van der Waals surface area contributed by atoms with Gasteiger partial charge in [0, 0.05) is 0 Å². The first-order valence-electron chi connectivity index (χ1n) is 4.54. The molecule has 1 unspecified atom stereocenters. The van der Waals surface area contributed by atoms with Crippen molar-refractivity contribution in [2.75, 3.05) is 0 Å². The summed E-state index contributed by atoms with van der Waals surface area (Å²) in [7, 11) is 0. The summed E-state index contributed by atoms with van der Waals surface area (Å²) in [6.07, 6.45) is 12.7. The van der Waals surface area contributed by atoms with Crippen LogP contribution >= 0.6 is 0 Å². The summed E-state index contributed by atoms with van der Waals surface area (Å²) in [6, 6.07) is 0. The second kappa shape index (κ2) is 4.38. The Kier molecular flexibility index (Phi) is 3.41. The summed E-state index contributed by atoms with van der Waals surface area (Å²) in [5, 5.41) is 0. The van der Waals surface area contributed by atoms with Gasteiger partial charge in [-0.15, -0.1) is 0 Å². The summed E-state index contributed by atoms with van der Waals surface area (Å²) in [5.41, 5.74) is 1.50. The van der Waals surface area contributed by atoms with Crippen molar-refractivity contribution < 1.29 is 0 Å². The highest BCUT2D eigenvalue weighted by atomic mass is 14.1. The van der Waals surface area contributed by atoms with Gasteiger partial charge in [0.1, 0.15) is 0 Å². The molecule has 0 fully saturated rings. The largest absolute Gasteiger partial charge is 0.0837 e. The maximum atomic E-state index is 2.30. The van der Waals surface area contributed by atoms with Crippen molar-refractivity contribution in [1.82, 2.24) is 0 Å². The van der Waals surface area contributed by atoms with Crippen LogP contribution in [0.2, 0.25) is 0 Å². The normalized spacial score (nSPS) is 19.6. The Hall–Kier alpha value is -0.520. The molecule has 0 heteroatoms. The van der Waals surface area contributed by atoms with E-state index in [0.29, 0.717) is 0 Å². The van der Waals surface area contributed by atoms with E-state index >= 15 is 0 Å². The van der Waals surface area contributed by atoms with E-state index in [2.05, 4.69) is 38.5 Å². The molecule has 0 aromatic heterocycles. The molecule has 0 aromatic carbocycles. The van der Waals surface area contributed by atoms with Crippen molar-refractivity contribution in [3.8, 4) is 0 Å². The molecule has 1 aliphatic carbocycles. The monoisotopic (exact) mass is 149 g/mol. The third kappa shape index (κ3) is 2.53. The Morgan fingerprint density at radius 1 is 1.55 bits per heavy atom. The minimum absolute atomic E-state index is 0.743. The molecule has 11 heavy (non-hydrogen) atoms. The van der Waals surface area contributed by atoms with Crippen molar-refractivity contribution in [1.29, 1.82) is 0 Å². The standard InChI is InChI=1S/C11H17/c1-3-7-10(2)11-8-5-4-6-9-11/h5-6,8-10H,3-4,7H2,1-2H3. The highest BCUT2D eigenvalue weighted by Crippen LogP contribution is 2.21. The van der Waals surface area contributed by atoms with Gasteiger partial charge in [0.2, 0.25) is 0 Å². The van der Waals surface area contributed by atoms with Crippen LogP contribution in [0.4, 0.5) is 0 Å². The maximum absolute atomic E-state index is 2.30. The molecule has 0 aliphatic heterocycles. The van der Waals surface area contributed by atoms with Crippen molar-refractivity contribution in [2.45, 2.75) is 33.1 Å². The molecule has 0 saturated heterocycles. The van der Waals surface area contributed by atoms with Crippen LogP contribution in [0.1, 0.15) is 33.1 Å². The lowest BCUT2D eigenvalue weighted by Gasteiger charge is -2.13. The third-order valence-corrected chi connectivity index (χ3v) is 2.18. The quantitative estimate of drug-likeness (QED) is 0.576. The van der Waals surface area contributed by atoms with Crippen molar-refractivity contribution in [3.05, 3.63) is 30.2 Å². The Bertz CT molecular complexity index is 163. The molecule has 1 rings (SSSR count). The predicted molar refractivity (Wildman–Crippen MR) is 50.2 cm³/mol. The molecule has 0 nitrogen and oxygen atoms in total. The minimum Gasteiger partial charge on any atom is -0.0837 e. The van der Waals surface area contributed by atoms with Gasteiger partial charge < -0.3 is 0 Å². The molecule has 1 radical (unpaired) electrons. The summed E-state index contributed by atoms with van der Waals surface area (Å²) < 4.78 is 0. The van der Waals surface area contributed by atoms with Crippen LogP contribution in [0.3, 0.4) is 0 Å². The number of rotatable bonds is 3. The lowest BCUT2D eigenvalue weighted by atomic mass is 9.92. The maximum Gasteiger partial charge on any atom is -0.0127 e. The van der Waals surface area contributed by atoms with Crippen molar-refractivity contribution in [2.24, 2.45) is 5.92 Å². The van der Waals surface area contributed by atoms with E-state index in [1.54, 1.807) is 0 Å². The van der Waals surface area contributed by atoms with Gasteiger partial charge in [-0.1, -0.05) is 38.5 Å². The Morgan fingerprint density at radius 3 is 2.91 bits per heavy atom. The van der Waals surface area contributed by atoms with Crippen molar-refractivity contribution in [3.63, 3.8) is 0 Å². The van der Waals surface area contributed by atoms with E-state index < -0.39 is 0 Å². The van der Waals surface area contributed by atoms with Crippen LogP contribution < -0.4 is 0 Å². The predicted octanol–water partition coefficient (Wildman–Crippen LogP) is 3.51. The molecular weight excluding hydrogens is 132 g/mol. The Morgan fingerprint density at radius 2 is 2.36 bits per heavy atom. The summed E-state index contributed by atoms with van der Waals surface area (Å²) >= 11 is 0. The molecule has 1 aliphatic rings. The first-order chi connectivity index (χ1) is 5.34. The lowest BCUT2D eigenvalue weighted by Crippen LogP contribution is -1.98. The summed E-state index contributed by atoms with van der Waals surface area (Å²) in [6.45, 7) is 4.55. The Labute approximate surface area is 70.0 Å². The van der Waals surface area contributed by atoms with E-state index in [-0.39, 0.29) is 0 Å². The fourth-order valence-corrected chi connectivity index (χ4v) is 1.47. The number of hydrogen-bond acceptors (Lipinski definition) is 0. The van der Waals surface area contributed by atoms with Crippen LogP contribution in [-0.4, -0.2) is 0 Å². The average molecular weight is 149 g/mol. The number of hydrogen-bond donors (Lipinski definition) is 0. The van der Waals surface area contributed by atoms with E-state index in [0.717, 1.165) is 12.3 Å². The second-order valence-corrected chi connectivity index (χ2v) is 3.23. The highest BCUT2D eigenvalue weighted by Gasteiger charge is 2.05.